The van der Waals surface area contributed by atoms with Gasteiger partial charge in [0.05, 0.1) is 6.54 Å². The summed E-state index contributed by atoms with van der Waals surface area (Å²) in [5.74, 6) is -0.254. The summed E-state index contributed by atoms with van der Waals surface area (Å²) < 4.78 is 0. The minimum absolute atomic E-state index is 0.254. The molecule has 1 aromatic carbocycles. The van der Waals surface area contributed by atoms with Gasteiger partial charge in [-0.15, -0.1) is 11.3 Å². The highest BCUT2D eigenvalue weighted by molar-refractivity contribution is 7.09. The lowest BCUT2D eigenvalue weighted by Gasteiger charge is -2.33. The van der Waals surface area contributed by atoms with E-state index in [4.69, 9.17) is 0 Å². The maximum atomic E-state index is 12.1. The molecule has 2 heterocycles. The van der Waals surface area contributed by atoms with Gasteiger partial charge in [-0.2, -0.15) is 0 Å². The molecule has 2 N–H and O–H groups in total. The monoisotopic (exact) mass is 412 g/mol. The summed E-state index contributed by atoms with van der Waals surface area (Å²) in [6, 6.07) is 13.9. The average molecular weight is 413 g/mol. The van der Waals surface area contributed by atoms with Crippen molar-refractivity contribution in [1.29, 1.82) is 0 Å². The molecule has 0 atom stereocenters. The number of hydrogen-bond acceptors (Lipinski definition) is 5. The Balaban J connectivity index is 1.28. The zero-order valence-corrected chi connectivity index (χ0v) is 17.4. The molecule has 0 bridgehead atoms. The van der Waals surface area contributed by atoms with Crippen LogP contribution < -0.4 is 10.6 Å². The van der Waals surface area contributed by atoms with Crippen molar-refractivity contribution >= 4 is 29.4 Å². The maximum Gasteiger partial charge on any atom is 0.321 e. The van der Waals surface area contributed by atoms with Crippen molar-refractivity contribution in [3.8, 4) is 0 Å². The summed E-state index contributed by atoms with van der Waals surface area (Å²) in [6.07, 6.45) is 5.09. The first-order valence-electron chi connectivity index (χ1n) is 9.95. The van der Waals surface area contributed by atoms with Crippen molar-refractivity contribution in [3.05, 3.63) is 64.4 Å². The van der Waals surface area contributed by atoms with Crippen molar-refractivity contribution in [2.24, 2.45) is 0 Å². The molecule has 0 saturated carbocycles. The molecule has 0 aliphatic carbocycles. The molecule has 29 heavy (non-hydrogen) atoms. The van der Waals surface area contributed by atoms with Gasteiger partial charge in [-0.05, 0) is 23.4 Å². The van der Waals surface area contributed by atoms with Crippen LogP contribution in [0.2, 0.25) is 0 Å². The molecule has 6 nitrogen and oxygen atoms in total. The van der Waals surface area contributed by atoms with E-state index in [0.29, 0.717) is 6.54 Å². The molecule has 0 unspecified atom stereocenters. The summed E-state index contributed by atoms with van der Waals surface area (Å²) in [6.45, 7) is 5.17. The number of rotatable bonds is 8. The molecule has 1 aliphatic heterocycles. The largest absolute Gasteiger partial charge is 0.337 e. The number of amides is 3. The predicted octanol–water partition coefficient (Wildman–Crippen LogP) is 2.45. The second kappa shape index (κ2) is 11.5. The number of nitrogens with zero attached hydrogens (tertiary/aromatic N) is 2. The number of urea groups is 1. The molecule has 0 spiro atoms. The first-order valence-corrected chi connectivity index (χ1v) is 10.8. The van der Waals surface area contributed by atoms with Gasteiger partial charge in [0, 0.05) is 44.1 Å². The van der Waals surface area contributed by atoms with Gasteiger partial charge in [-0.25, -0.2) is 4.79 Å². The number of carbonyl (C=O) groups excluding carboxylic acids is 2. The number of nitrogens with one attached hydrogen (secondary N) is 2. The normalized spacial score (nSPS) is 15.4. The third kappa shape index (κ3) is 7.81. The lowest BCUT2D eigenvalue weighted by Crippen LogP contribution is -2.51. The number of carbonyl (C=O) groups is 2. The van der Waals surface area contributed by atoms with Gasteiger partial charge in [-0.3, -0.25) is 19.9 Å². The predicted molar refractivity (Wildman–Crippen MR) is 118 cm³/mol. The number of piperazine rings is 1. The average Bonchev–Trinajstić information content (AvgIpc) is 3.23. The zero-order valence-electron chi connectivity index (χ0n) is 16.5. The Hall–Kier alpha value is -2.48. The highest BCUT2D eigenvalue weighted by Gasteiger charge is 2.19. The SMILES string of the molecule is O=C(CN1CCN(C/C=C/c2ccccc2)CC1)NC(=O)NCCc1cccs1. The first kappa shape index (κ1) is 21.2. The highest BCUT2D eigenvalue weighted by Crippen LogP contribution is 2.08. The lowest BCUT2D eigenvalue weighted by molar-refractivity contribution is -0.121. The van der Waals surface area contributed by atoms with Gasteiger partial charge in [0.25, 0.3) is 0 Å². The highest BCUT2D eigenvalue weighted by atomic mass is 32.1. The summed E-state index contributed by atoms with van der Waals surface area (Å²) >= 11 is 1.66. The molecule has 1 saturated heterocycles. The number of thiophene rings is 1. The van der Waals surface area contributed by atoms with Crippen LogP contribution in [0, 0.1) is 0 Å². The second-order valence-electron chi connectivity index (χ2n) is 7.02. The molecule has 3 amide bonds. The maximum absolute atomic E-state index is 12.1. The minimum Gasteiger partial charge on any atom is -0.337 e. The Morgan fingerprint density at radius 1 is 1.00 bits per heavy atom. The van der Waals surface area contributed by atoms with Crippen molar-refractivity contribution in [2.45, 2.75) is 6.42 Å². The molecular formula is C22H28N4O2S. The Kier molecular flexibility index (Phi) is 8.42. The molecule has 1 aromatic heterocycles. The van der Waals surface area contributed by atoms with Gasteiger partial charge < -0.3 is 5.32 Å². The van der Waals surface area contributed by atoms with Crippen LogP contribution >= 0.6 is 11.3 Å². The van der Waals surface area contributed by atoms with E-state index in [-0.39, 0.29) is 12.5 Å². The summed E-state index contributed by atoms with van der Waals surface area (Å²) in [7, 11) is 0. The van der Waals surface area contributed by atoms with E-state index in [1.165, 1.54) is 10.4 Å². The van der Waals surface area contributed by atoms with Crippen LogP contribution in [0.25, 0.3) is 6.08 Å². The molecule has 2 aromatic rings. The Bertz CT molecular complexity index is 784. The quantitative estimate of drug-likeness (QED) is 0.699. The zero-order chi connectivity index (χ0) is 20.3. The van der Waals surface area contributed by atoms with Crippen LogP contribution in [0.1, 0.15) is 10.4 Å². The van der Waals surface area contributed by atoms with Crippen LogP contribution in [0.4, 0.5) is 4.79 Å². The smallest absolute Gasteiger partial charge is 0.321 e. The molecule has 7 heteroatoms. The van der Waals surface area contributed by atoms with E-state index >= 15 is 0 Å². The molecular weight excluding hydrogens is 384 g/mol. The summed E-state index contributed by atoms with van der Waals surface area (Å²) in [5, 5.41) is 7.17. The fourth-order valence-electron chi connectivity index (χ4n) is 3.20. The van der Waals surface area contributed by atoms with Gasteiger partial charge in [0.1, 0.15) is 0 Å². The third-order valence-electron chi connectivity index (χ3n) is 4.80. The molecule has 3 rings (SSSR count). The standard InChI is InChI=1S/C22H28N4O2S/c27-21(24-22(28)23-11-10-20-9-5-17-29-20)18-26-15-13-25(14-16-26)12-4-8-19-6-2-1-3-7-19/h1-9,17H,10-16,18H2,(H2,23,24,27,28)/b8-4+. The van der Waals surface area contributed by atoms with E-state index in [9.17, 15) is 9.59 Å². The first-order chi connectivity index (χ1) is 14.2. The number of imide groups is 1. The molecule has 154 valence electrons. The summed E-state index contributed by atoms with van der Waals surface area (Å²) in [4.78, 5) is 29.6. The van der Waals surface area contributed by atoms with Crippen LogP contribution in [0.5, 0.6) is 0 Å². The molecule has 1 fully saturated rings. The van der Waals surface area contributed by atoms with E-state index in [1.807, 2.05) is 35.7 Å². The van der Waals surface area contributed by atoms with Crippen molar-refractivity contribution in [3.63, 3.8) is 0 Å². The Labute approximate surface area is 176 Å². The van der Waals surface area contributed by atoms with Crippen LogP contribution in [0.3, 0.4) is 0 Å². The number of benzene rings is 1. The van der Waals surface area contributed by atoms with Crippen molar-refractivity contribution in [1.82, 2.24) is 20.4 Å². The fourth-order valence-corrected chi connectivity index (χ4v) is 3.91. The number of hydrogen-bond donors (Lipinski definition) is 2. The van der Waals surface area contributed by atoms with E-state index in [2.05, 4.69) is 44.7 Å². The Morgan fingerprint density at radius 2 is 1.76 bits per heavy atom. The Morgan fingerprint density at radius 3 is 2.48 bits per heavy atom. The molecule has 1 aliphatic rings. The van der Waals surface area contributed by atoms with Gasteiger partial charge in [0.15, 0.2) is 0 Å². The van der Waals surface area contributed by atoms with E-state index in [1.54, 1.807) is 11.3 Å². The van der Waals surface area contributed by atoms with Gasteiger partial charge in [-0.1, -0.05) is 48.6 Å². The second-order valence-corrected chi connectivity index (χ2v) is 8.06. The topological polar surface area (TPSA) is 64.7 Å². The van der Waals surface area contributed by atoms with Crippen LogP contribution in [-0.4, -0.2) is 67.6 Å². The van der Waals surface area contributed by atoms with Crippen molar-refractivity contribution in [2.75, 3.05) is 45.8 Å². The fraction of sp³-hybridized carbons (Fsp3) is 0.364. The lowest BCUT2D eigenvalue weighted by atomic mass is 10.2. The van der Waals surface area contributed by atoms with Crippen molar-refractivity contribution < 1.29 is 9.59 Å². The minimum atomic E-state index is -0.420. The van der Waals surface area contributed by atoms with E-state index < -0.39 is 6.03 Å². The third-order valence-corrected chi connectivity index (χ3v) is 5.73. The van der Waals surface area contributed by atoms with E-state index in [0.717, 1.165) is 39.1 Å². The molecule has 0 radical (unpaired) electrons. The van der Waals surface area contributed by atoms with Gasteiger partial charge >= 0.3 is 6.03 Å². The summed E-state index contributed by atoms with van der Waals surface area (Å²) in [5.41, 5.74) is 1.21. The van der Waals surface area contributed by atoms with Crippen LogP contribution in [-0.2, 0) is 11.2 Å². The van der Waals surface area contributed by atoms with Gasteiger partial charge in [0.2, 0.25) is 5.91 Å². The van der Waals surface area contributed by atoms with Crippen LogP contribution in [0.15, 0.2) is 53.9 Å².